The van der Waals surface area contributed by atoms with Crippen LogP contribution in [0.3, 0.4) is 0 Å². The first kappa shape index (κ1) is 12.0. The molecule has 0 spiro atoms. The smallest absolute Gasteiger partial charge is 0.0165 e. The lowest BCUT2D eigenvalue weighted by atomic mass is 10.0. The summed E-state index contributed by atoms with van der Waals surface area (Å²) in [5.74, 6) is 0. The molecule has 0 saturated carbocycles. The van der Waals surface area contributed by atoms with Crippen molar-refractivity contribution in [3.63, 3.8) is 0 Å². The molecule has 0 saturated heterocycles. The van der Waals surface area contributed by atoms with E-state index in [1.54, 1.807) is 0 Å². The highest BCUT2D eigenvalue weighted by molar-refractivity contribution is 5.57. The van der Waals surface area contributed by atoms with Crippen molar-refractivity contribution in [3.05, 3.63) is 40.5 Å². The largest absolute Gasteiger partial charge is 0.313 e. The summed E-state index contributed by atoms with van der Waals surface area (Å²) in [5, 5.41) is 3.33. The second kappa shape index (κ2) is 5.72. The van der Waals surface area contributed by atoms with E-state index in [0.717, 1.165) is 13.1 Å². The third-order valence-electron chi connectivity index (χ3n) is 2.70. The van der Waals surface area contributed by atoms with Gasteiger partial charge in [-0.1, -0.05) is 36.8 Å². The number of hydrogen-bond acceptors (Lipinski definition) is 1. The molecule has 0 aromatic heterocycles. The van der Waals surface area contributed by atoms with Gasteiger partial charge in [0.15, 0.2) is 0 Å². The van der Waals surface area contributed by atoms with Crippen LogP contribution < -0.4 is 5.32 Å². The Morgan fingerprint density at radius 1 is 1.33 bits per heavy atom. The fourth-order valence-electron chi connectivity index (χ4n) is 1.57. The maximum atomic E-state index is 3.33. The quantitative estimate of drug-likeness (QED) is 0.791. The van der Waals surface area contributed by atoms with E-state index in [4.69, 9.17) is 0 Å². The molecule has 1 rings (SSSR count). The molecule has 0 heterocycles. The van der Waals surface area contributed by atoms with Gasteiger partial charge in [-0.15, -0.1) is 0 Å². The van der Waals surface area contributed by atoms with E-state index >= 15 is 0 Å². The Bertz CT molecular complexity index is 350. The van der Waals surface area contributed by atoms with Gasteiger partial charge < -0.3 is 5.32 Å². The SMILES string of the molecule is CCNCC(C)=Cc1cccc(C)c1C. The predicted octanol–water partition coefficient (Wildman–Crippen LogP) is 3.32. The van der Waals surface area contributed by atoms with Gasteiger partial charge in [0.25, 0.3) is 0 Å². The van der Waals surface area contributed by atoms with Crippen molar-refractivity contribution in [3.8, 4) is 0 Å². The fourth-order valence-corrected chi connectivity index (χ4v) is 1.57. The van der Waals surface area contributed by atoms with E-state index in [-0.39, 0.29) is 0 Å². The summed E-state index contributed by atoms with van der Waals surface area (Å²) < 4.78 is 0. The minimum atomic E-state index is 0.976. The number of benzene rings is 1. The second-order valence-electron chi connectivity index (χ2n) is 4.06. The van der Waals surface area contributed by atoms with Crippen LogP contribution in [0.5, 0.6) is 0 Å². The molecule has 1 aromatic carbocycles. The van der Waals surface area contributed by atoms with Gasteiger partial charge in [-0.05, 0) is 44.0 Å². The Labute approximate surface area is 93.2 Å². The lowest BCUT2D eigenvalue weighted by Gasteiger charge is -2.06. The molecular weight excluding hydrogens is 182 g/mol. The van der Waals surface area contributed by atoms with E-state index in [2.05, 4.69) is 57.3 Å². The topological polar surface area (TPSA) is 12.0 Å². The first-order chi connectivity index (χ1) is 7.15. The van der Waals surface area contributed by atoms with Crippen LogP contribution in [0.4, 0.5) is 0 Å². The molecule has 0 fully saturated rings. The van der Waals surface area contributed by atoms with Gasteiger partial charge >= 0.3 is 0 Å². The van der Waals surface area contributed by atoms with Crippen LogP contribution in [-0.4, -0.2) is 13.1 Å². The van der Waals surface area contributed by atoms with Crippen molar-refractivity contribution < 1.29 is 0 Å². The van der Waals surface area contributed by atoms with Gasteiger partial charge in [0.1, 0.15) is 0 Å². The van der Waals surface area contributed by atoms with Crippen molar-refractivity contribution in [1.29, 1.82) is 0 Å². The second-order valence-corrected chi connectivity index (χ2v) is 4.06. The molecule has 0 radical (unpaired) electrons. The molecule has 15 heavy (non-hydrogen) atoms. The van der Waals surface area contributed by atoms with Crippen LogP contribution >= 0.6 is 0 Å². The molecule has 0 aliphatic rings. The van der Waals surface area contributed by atoms with E-state index in [0.29, 0.717) is 0 Å². The fraction of sp³-hybridized carbons (Fsp3) is 0.429. The average Bonchev–Trinajstić information content (AvgIpc) is 2.22. The number of hydrogen-bond donors (Lipinski definition) is 1. The van der Waals surface area contributed by atoms with Crippen LogP contribution in [0.2, 0.25) is 0 Å². The molecule has 0 aliphatic carbocycles. The molecule has 0 bridgehead atoms. The summed E-state index contributed by atoms with van der Waals surface area (Å²) >= 11 is 0. The maximum Gasteiger partial charge on any atom is 0.0165 e. The van der Waals surface area contributed by atoms with Crippen molar-refractivity contribution in [2.75, 3.05) is 13.1 Å². The normalized spacial score (nSPS) is 11.9. The van der Waals surface area contributed by atoms with Crippen molar-refractivity contribution in [2.24, 2.45) is 0 Å². The highest BCUT2D eigenvalue weighted by Crippen LogP contribution is 2.15. The third-order valence-corrected chi connectivity index (χ3v) is 2.70. The Hall–Kier alpha value is -1.08. The summed E-state index contributed by atoms with van der Waals surface area (Å²) in [7, 11) is 0. The molecule has 0 aliphatic heterocycles. The highest BCUT2D eigenvalue weighted by Gasteiger charge is 1.98. The molecule has 1 heteroatoms. The average molecular weight is 203 g/mol. The van der Waals surface area contributed by atoms with Crippen LogP contribution in [0.1, 0.15) is 30.5 Å². The standard InChI is InChI=1S/C14H21N/c1-5-15-10-11(2)9-14-8-6-7-12(3)13(14)4/h6-9,15H,5,10H2,1-4H3. The molecule has 82 valence electrons. The van der Waals surface area contributed by atoms with E-state index in [1.165, 1.54) is 22.3 Å². The minimum Gasteiger partial charge on any atom is -0.313 e. The van der Waals surface area contributed by atoms with Gasteiger partial charge in [0, 0.05) is 6.54 Å². The first-order valence-electron chi connectivity index (χ1n) is 5.59. The van der Waals surface area contributed by atoms with Gasteiger partial charge in [0.05, 0.1) is 0 Å². The molecule has 0 amide bonds. The summed E-state index contributed by atoms with van der Waals surface area (Å²) in [5.41, 5.74) is 5.46. The predicted molar refractivity (Wildman–Crippen MR) is 68.1 cm³/mol. The summed E-state index contributed by atoms with van der Waals surface area (Å²) in [6, 6.07) is 6.46. The van der Waals surface area contributed by atoms with E-state index in [9.17, 15) is 0 Å². The van der Waals surface area contributed by atoms with Gasteiger partial charge in [-0.25, -0.2) is 0 Å². The first-order valence-corrected chi connectivity index (χ1v) is 5.59. The maximum absolute atomic E-state index is 3.33. The Kier molecular flexibility index (Phi) is 4.57. The zero-order valence-corrected chi connectivity index (χ0v) is 10.2. The van der Waals surface area contributed by atoms with E-state index in [1.807, 2.05) is 0 Å². The molecule has 1 nitrogen and oxygen atoms in total. The molecule has 1 N–H and O–H groups in total. The van der Waals surface area contributed by atoms with Crippen molar-refractivity contribution in [1.82, 2.24) is 5.32 Å². The summed E-state index contributed by atoms with van der Waals surface area (Å²) in [6.45, 7) is 10.6. The molecule has 1 aromatic rings. The molecule has 0 atom stereocenters. The van der Waals surface area contributed by atoms with Crippen LogP contribution in [0, 0.1) is 13.8 Å². The Morgan fingerprint density at radius 2 is 2.07 bits per heavy atom. The number of aryl methyl sites for hydroxylation is 1. The monoisotopic (exact) mass is 203 g/mol. The lowest BCUT2D eigenvalue weighted by Crippen LogP contribution is -2.14. The number of likely N-dealkylation sites (N-methyl/N-ethyl adjacent to an activating group) is 1. The zero-order valence-electron chi connectivity index (χ0n) is 10.2. The van der Waals surface area contributed by atoms with Gasteiger partial charge in [-0.3, -0.25) is 0 Å². The van der Waals surface area contributed by atoms with Crippen LogP contribution in [0.15, 0.2) is 23.8 Å². The van der Waals surface area contributed by atoms with Gasteiger partial charge in [-0.2, -0.15) is 0 Å². The van der Waals surface area contributed by atoms with Crippen LogP contribution in [0.25, 0.3) is 6.08 Å². The number of nitrogens with one attached hydrogen (secondary N) is 1. The molecular formula is C14H21N. The Balaban J connectivity index is 2.83. The minimum absolute atomic E-state index is 0.976. The molecule has 0 unspecified atom stereocenters. The van der Waals surface area contributed by atoms with Crippen molar-refractivity contribution in [2.45, 2.75) is 27.7 Å². The number of rotatable bonds is 4. The van der Waals surface area contributed by atoms with Gasteiger partial charge in [0.2, 0.25) is 0 Å². The highest BCUT2D eigenvalue weighted by atomic mass is 14.8. The lowest BCUT2D eigenvalue weighted by molar-refractivity contribution is 0.778. The summed E-state index contributed by atoms with van der Waals surface area (Å²) in [6.07, 6.45) is 2.27. The van der Waals surface area contributed by atoms with E-state index < -0.39 is 0 Å². The Morgan fingerprint density at radius 3 is 2.73 bits per heavy atom. The van der Waals surface area contributed by atoms with Crippen LogP contribution in [-0.2, 0) is 0 Å². The zero-order chi connectivity index (χ0) is 11.3. The third kappa shape index (κ3) is 3.52. The summed E-state index contributed by atoms with van der Waals surface area (Å²) in [4.78, 5) is 0. The van der Waals surface area contributed by atoms with Crippen molar-refractivity contribution >= 4 is 6.08 Å².